The lowest BCUT2D eigenvalue weighted by atomic mass is 9.98. The van der Waals surface area contributed by atoms with E-state index in [2.05, 4.69) is 24.1 Å². The first-order chi connectivity index (χ1) is 7.31. The van der Waals surface area contributed by atoms with Crippen LogP contribution in [0.5, 0.6) is 0 Å². The van der Waals surface area contributed by atoms with E-state index < -0.39 is 0 Å². The van der Waals surface area contributed by atoms with Gasteiger partial charge in [0, 0.05) is 18.6 Å². The standard InChI is InChI=1S/C13H26N2/c1-3-11(2)15(13-6-7-13)10-12-5-4-8-14-9-12/h11-14H,3-10H2,1-2H3. The summed E-state index contributed by atoms with van der Waals surface area (Å²) in [6, 6.07) is 1.72. The fourth-order valence-corrected chi connectivity index (χ4v) is 2.71. The summed E-state index contributed by atoms with van der Waals surface area (Å²) in [5.74, 6) is 0.911. The van der Waals surface area contributed by atoms with Gasteiger partial charge in [-0.3, -0.25) is 4.90 Å². The summed E-state index contributed by atoms with van der Waals surface area (Å²) in [4.78, 5) is 2.78. The Balaban J connectivity index is 1.82. The number of nitrogens with one attached hydrogen (secondary N) is 1. The Bertz CT molecular complexity index is 183. The number of hydrogen-bond acceptors (Lipinski definition) is 2. The van der Waals surface area contributed by atoms with Crippen molar-refractivity contribution >= 4 is 0 Å². The van der Waals surface area contributed by atoms with Crippen LogP contribution in [0.15, 0.2) is 0 Å². The summed E-state index contributed by atoms with van der Waals surface area (Å²) in [6.45, 7) is 8.54. The predicted octanol–water partition coefficient (Wildman–Crippen LogP) is 2.25. The van der Waals surface area contributed by atoms with E-state index in [0.717, 1.165) is 18.0 Å². The summed E-state index contributed by atoms with van der Waals surface area (Å²) in [7, 11) is 0. The Hall–Kier alpha value is -0.0800. The van der Waals surface area contributed by atoms with E-state index in [1.165, 1.54) is 51.7 Å². The van der Waals surface area contributed by atoms with Gasteiger partial charge in [0.15, 0.2) is 0 Å². The van der Waals surface area contributed by atoms with Gasteiger partial charge in [0.05, 0.1) is 0 Å². The number of nitrogens with zero attached hydrogens (tertiary/aromatic N) is 1. The predicted molar refractivity (Wildman–Crippen MR) is 65.1 cm³/mol. The Labute approximate surface area is 94.4 Å². The molecule has 2 fully saturated rings. The van der Waals surface area contributed by atoms with Crippen molar-refractivity contribution in [1.29, 1.82) is 0 Å². The van der Waals surface area contributed by atoms with Gasteiger partial charge >= 0.3 is 0 Å². The molecule has 0 amide bonds. The Morgan fingerprint density at radius 2 is 2.13 bits per heavy atom. The molecule has 1 saturated heterocycles. The molecule has 0 bridgehead atoms. The molecule has 15 heavy (non-hydrogen) atoms. The van der Waals surface area contributed by atoms with Crippen molar-refractivity contribution in [2.24, 2.45) is 5.92 Å². The topological polar surface area (TPSA) is 15.3 Å². The lowest BCUT2D eigenvalue weighted by molar-refractivity contribution is 0.150. The van der Waals surface area contributed by atoms with Crippen LogP contribution >= 0.6 is 0 Å². The summed E-state index contributed by atoms with van der Waals surface area (Å²) in [6.07, 6.45) is 7.02. The molecule has 88 valence electrons. The molecule has 1 heterocycles. The highest BCUT2D eigenvalue weighted by molar-refractivity contribution is 4.89. The molecule has 1 N–H and O–H groups in total. The molecular formula is C13H26N2. The molecule has 2 atom stereocenters. The average molecular weight is 210 g/mol. The second kappa shape index (κ2) is 5.31. The van der Waals surface area contributed by atoms with Crippen LogP contribution in [-0.2, 0) is 0 Å². The zero-order chi connectivity index (χ0) is 10.7. The maximum Gasteiger partial charge on any atom is 0.00993 e. The second-order valence-corrected chi connectivity index (χ2v) is 5.40. The van der Waals surface area contributed by atoms with Gasteiger partial charge in [0.25, 0.3) is 0 Å². The van der Waals surface area contributed by atoms with Crippen LogP contribution in [-0.4, -0.2) is 36.6 Å². The first-order valence-corrected chi connectivity index (χ1v) is 6.77. The van der Waals surface area contributed by atoms with Crippen LogP contribution in [0.3, 0.4) is 0 Å². The molecule has 2 nitrogen and oxygen atoms in total. The van der Waals surface area contributed by atoms with Crippen molar-refractivity contribution in [3.63, 3.8) is 0 Å². The van der Waals surface area contributed by atoms with Gasteiger partial charge in [0.1, 0.15) is 0 Å². The summed E-state index contributed by atoms with van der Waals surface area (Å²) < 4.78 is 0. The van der Waals surface area contributed by atoms with Crippen LogP contribution in [0.2, 0.25) is 0 Å². The summed E-state index contributed by atoms with van der Waals surface area (Å²) >= 11 is 0. The molecule has 2 unspecified atom stereocenters. The molecule has 1 aliphatic carbocycles. The van der Waals surface area contributed by atoms with E-state index >= 15 is 0 Å². The molecule has 0 radical (unpaired) electrons. The third kappa shape index (κ3) is 3.18. The van der Waals surface area contributed by atoms with Gasteiger partial charge in [-0.15, -0.1) is 0 Å². The summed E-state index contributed by atoms with van der Waals surface area (Å²) in [5, 5.41) is 3.53. The lowest BCUT2D eigenvalue weighted by Crippen LogP contribution is -2.43. The van der Waals surface area contributed by atoms with Crippen LogP contribution in [0.4, 0.5) is 0 Å². The van der Waals surface area contributed by atoms with E-state index in [9.17, 15) is 0 Å². The van der Waals surface area contributed by atoms with Crippen molar-refractivity contribution in [2.75, 3.05) is 19.6 Å². The summed E-state index contributed by atoms with van der Waals surface area (Å²) in [5.41, 5.74) is 0. The zero-order valence-corrected chi connectivity index (χ0v) is 10.3. The highest BCUT2D eigenvalue weighted by atomic mass is 15.2. The molecule has 0 aromatic rings. The van der Waals surface area contributed by atoms with E-state index in [-0.39, 0.29) is 0 Å². The van der Waals surface area contributed by atoms with Crippen molar-refractivity contribution in [3.05, 3.63) is 0 Å². The number of hydrogen-bond donors (Lipinski definition) is 1. The van der Waals surface area contributed by atoms with E-state index in [0.29, 0.717) is 0 Å². The molecule has 0 aromatic heterocycles. The monoisotopic (exact) mass is 210 g/mol. The SMILES string of the molecule is CCC(C)N(CC1CCCNC1)C1CC1. The Kier molecular flexibility index (Phi) is 4.04. The minimum Gasteiger partial charge on any atom is -0.316 e. The van der Waals surface area contributed by atoms with Crippen LogP contribution < -0.4 is 5.32 Å². The molecule has 1 saturated carbocycles. The Morgan fingerprint density at radius 3 is 2.67 bits per heavy atom. The maximum atomic E-state index is 3.53. The minimum absolute atomic E-state index is 0.791. The van der Waals surface area contributed by atoms with Gasteiger partial charge in [-0.2, -0.15) is 0 Å². The van der Waals surface area contributed by atoms with Gasteiger partial charge in [-0.05, 0) is 58.0 Å². The third-order valence-electron chi connectivity index (χ3n) is 4.04. The highest BCUT2D eigenvalue weighted by Crippen LogP contribution is 2.30. The first-order valence-electron chi connectivity index (χ1n) is 6.77. The van der Waals surface area contributed by atoms with Crippen LogP contribution in [0.25, 0.3) is 0 Å². The Morgan fingerprint density at radius 1 is 1.33 bits per heavy atom. The van der Waals surface area contributed by atoms with E-state index in [4.69, 9.17) is 0 Å². The highest BCUT2D eigenvalue weighted by Gasteiger charge is 2.33. The van der Waals surface area contributed by atoms with Gasteiger partial charge < -0.3 is 5.32 Å². The van der Waals surface area contributed by atoms with Gasteiger partial charge in [-0.25, -0.2) is 0 Å². The maximum absolute atomic E-state index is 3.53. The fraction of sp³-hybridized carbons (Fsp3) is 1.00. The minimum atomic E-state index is 0.791. The number of piperidine rings is 1. The number of rotatable bonds is 5. The van der Waals surface area contributed by atoms with Crippen molar-refractivity contribution < 1.29 is 0 Å². The quantitative estimate of drug-likeness (QED) is 0.749. The third-order valence-corrected chi connectivity index (χ3v) is 4.04. The average Bonchev–Trinajstić information content (AvgIpc) is 3.10. The molecule has 0 aromatic carbocycles. The molecule has 0 spiro atoms. The molecule has 2 rings (SSSR count). The fourth-order valence-electron chi connectivity index (χ4n) is 2.71. The molecule has 1 aliphatic heterocycles. The zero-order valence-electron chi connectivity index (χ0n) is 10.3. The smallest absolute Gasteiger partial charge is 0.00993 e. The normalized spacial score (nSPS) is 29.4. The molecule has 2 aliphatic rings. The van der Waals surface area contributed by atoms with Gasteiger partial charge in [-0.1, -0.05) is 6.92 Å². The van der Waals surface area contributed by atoms with Crippen molar-refractivity contribution in [2.45, 2.75) is 58.0 Å². The van der Waals surface area contributed by atoms with Crippen LogP contribution in [0.1, 0.15) is 46.0 Å². The van der Waals surface area contributed by atoms with Gasteiger partial charge in [0.2, 0.25) is 0 Å². The molecule has 2 heteroatoms. The van der Waals surface area contributed by atoms with Crippen molar-refractivity contribution in [3.8, 4) is 0 Å². The van der Waals surface area contributed by atoms with Crippen molar-refractivity contribution in [1.82, 2.24) is 10.2 Å². The first kappa shape index (κ1) is 11.4. The van der Waals surface area contributed by atoms with Crippen LogP contribution in [0, 0.1) is 5.92 Å². The lowest BCUT2D eigenvalue weighted by Gasteiger charge is -2.34. The second-order valence-electron chi connectivity index (χ2n) is 5.40. The van der Waals surface area contributed by atoms with E-state index in [1.807, 2.05) is 0 Å². The van der Waals surface area contributed by atoms with E-state index in [1.54, 1.807) is 0 Å². The molecular weight excluding hydrogens is 184 g/mol. The largest absolute Gasteiger partial charge is 0.316 e.